The summed E-state index contributed by atoms with van der Waals surface area (Å²) in [5.74, 6) is 0.880. The number of nitrogens with zero attached hydrogens (tertiary/aromatic N) is 1. The SMILES string of the molecule is COC(CCCOc1ccc(/C=C/c2cc[n+](C)cc2)cc1)OC. The fourth-order valence-electron chi connectivity index (χ4n) is 2.26. The summed E-state index contributed by atoms with van der Waals surface area (Å²) in [6, 6.07) is 12.3. The van der Waals surface area contributed by atoms with Crippen molar-refractivity contribution in [3.05, 3.63) is 59.9 Å². The van der Waals surface area contributed by atoms with Crippen LogP contribution in [0.2, 0.25) is 0 Å². The molecule has 1 heterocycles. The van der Waals surface area contributed by atoms with E-state index in [1.54, 1.807) is 14.2 Å². The van der Waals surface area contributed by atoms with E-state index < -0.39 is 0 Å². The first kappa shape index (κ1) is 18.2. The van der Waals surface area contributed by atoms with Gasteiger partial charge in [0.25, 0.3) is 0 Å². The van der Waals surface area contributed by atoms with Gasteiger partial charge in [-0.15, -0.1) is 0 Å². The second kappa shape index (κ2) is 9.85. The normalized spacial score (nSPS) is 11.3. The molecule has 128 valence electrons. The van der Waals surface area contributed by atoms with Gasteiger partial charge in [-0.05, 0) is 29.7 Å². The monoisotopic (exact) mass is 328 g/mol. The maximum absolute atomic E-state index is 5.74. The molecule has 24 heavy (non-hydrogen) atoms. The largest absolute Gasteiger partial charge is 0.494 e. The molecule has 0 aliphatic heterocycles. The third-order valence-electron chi connectivity index (χ3n) is 3.73. The highest BCUT2D eigenvalue weighted by molar-refractivity contribution is 5.69. The van der Waals surface area contributed by atoms with E-state index in [0.29, 0.717) is 6.61 Å². The summed E-state index contributed by atoms with van der Waals surface area (Å²) in [4.78, 5) is 0. The van der Waals surface area contributed by atoms with E-state index in [1.807, 2.05) is 36.1 Å². The van der Waals surface area contributed by atoms with Crippen LogP contribution in [0.5, 0.6) is 5.75 Å². The molecule has 1 aromatic carbocycles. The van der Waals surface area contributed by atoms with Crippen molar-refractivity contribution in [1.82, 2.24) is 0 Å². The molecule has 0 spiro atoms. The van der Waals surface area contributed by atoms with E-state index >= 15 is 0 Å². The molecule has 0 saturated heterocycles. The summed E-state index contributed by atoms with van der Waals surface area (Å²) in [5.41, 5.74) is 2.33. The molecule has 0 unspecified atom stereocenters. The van der Waals surface area contributed by atoms with Gasteiger partial charge in [0.15, 0.2) is 18.7 Å². The first-order valence-electron chi connectivity index (χ1n) is 8.13. The average Bonchev–Trinajstić information content (AvgIpc) is 2.62. The van der Waals surface area contributed by atoms with Crippen LogP contribution in [0.1, 0.15) is 24.0 Å². The molecule has 0 atom stereocenters. The summed E-state index contributed by atoms with van der Waals surface area (Å²) in [5, 5.41) is 0. The molecule has 0 bridgehead atoms. The van der Waals surface area contributed by atoms with Crippen LogP contribution >= 0.6 is 0 Å². The minimum absolute atomic E-state index is 0.152. The predicted molar refractivity (Wildman–Crippen MR) is 95.5 cm³/mol. The summed E-state index contributed by atoms with van der Waals surface area (Å²) >= 11 is 0. The number of benzene rings is 1. The van der Waals surface area contributed by atoms with Gasteiger partial charge in [0.05, 0.1) is 6.61 Å². The fourth-order valence-corrected chi connectivity index (χ4v) is 2.26. The lowest BCUT2D eigenvalue weighted by Crippen LogP contribution is -2.25. The maximum atomic E-state index is 5.74. The first-order valence-corrected chi connectivity index (χ1v) is 8.13. The highest BCUT2D eigenvalue weighted by Crippen LogP contribution is 2.15. The van der Waals surface area contributed by atoms with Gasteiger partial charge in [-0.25, -0.2) is 4.57 Å². The van der Waals surface area contributed by atoms with Gasteiger partial charge in [-0.1, -0.05) is 24.3 Å². The number of methoxy groups -OCH3 is 2. The third-order valence-corrected chi connectivity index (χ3v) is 3.73. The number of pyridine rings is 1. The highest BCUT2D eigenvalue weighted by atomic mass is 16.7. The number of rotatable bonds is 9. The van der Waals surface area contributed by atoms with Crippen LogP contribution in [0.4, 0.5) is 0 Å². The average molecular weight is 328 g/mol. The Balaban J connectivity index is 1.79. The van der Waals surface area contributed by atoms with Crippen molar-refractivity contribution in [2.45, 2.75) is 19.1 Å². The van der Waals surface area contributed by atoms with E-state index in [-0.39, 0.29) is 6.29 Å². The second-order valence-corrected chi connectivity index (χ2v) is 5.59. The summed E-state index contributed by atoms with van der Waals surface area (Å²) in [6.45, 7) is 0.652. The zero-order chi connectivity index (χ0) is 17.2. The van der Waals surface area contributed by atoms with Crippen molar-refractivity contribution in [3.63, 3.8) is 0 Å². The van der Waals surface area contributed by atoms with Crippen molar-refractivity contribution in [2.75, 3.05) is 20.8 Å². The van der Waals surface area contributed by atoms with Gasteiger partial charge < -0.3 is 14.2 Å². The summed E-state index contributed by atoms with van der Waals surface area (Å²) in [6.07, 6.45) is 9.83. The topological polar surface area (TPSA) is 31.6 Å². The molecule has 0 N–H and O–H groups in total. The van der Waals surface area contributed by atoms with Crippen molar-refractivity contribution in [1.29, 1.82) is 0 Å². The zero-order valence-corrected chi connectivity index (χ0v) is 14.6. The smallest absolute Gasteiger partial charge is 0.169 e. The Kier molecular flexibility index (Phi) is 7.46. The third kappa shape index (κ3) is 6.14. The lowest BCUT2D eigenvalue weighted by Gasteiger charge is -2.13. The molecule has 0 fully saturated rings. The van der Waals surface area contributed by atoms with Crippen LogP contribution in [0.25, 0.3) is 12.2 Å². The molecule has 0 aliphatic carbocycles. The molecule has 0 amide bonds. The lowest BCUT2D eigenvalue weighted by molar-refractivity contribution is -0.671. The molecule has 4 nitrogen and oxygen atoms in total. The predicted octanol–water partition coefficient (Wildman–Crippen LogP) is 3.46. The fraction of sp³-hybridized carbons (Fsp3) is 0.350. The first-order chi connectivity index (χ1) is 11.7. The molecular weight excluding hydrogens is 302 g/mol. The molecule has 4 heteroatoms. The quantitative estimate of drug-likeness (QED) is 0.401. The minimum Gasteiger partial charge on any atom is -0.494 e. The van der Waals surface area contributed by atoms with Gasteiger partial charge in [0.2, 0.25) is 0 Å². The maximum Gasteiger partial charge on any atom is 0.169 e. The van der Waals surface area contributed by atoms with Gasteiger partial charge in [-0.3, -0.25) is 0 Å². The van der Waals surface area contributed by atoms with Crippen molar-refractivity contribution < 1.29 is 18.8 Å². The van der Waals surface area contributed by atoms with E-state index in [9.17, 15) is 0 Å². The molecular formula is C20H26NO3+. The van der Waals surface area contributed by atoms with Crippen LogP contribution in [-0.2, 0) is 16.5 Å². The van der Waals surface area contributed by atoms with E-state index in [2.05, 4.69) is 36.4 Å². The number of aromatic nitrogens is 1. The Hall–Kier alpha value is -2.17. The zero-order valence-electron chi connectivity index (χ0n) is 14.6. The molecule has 1 aromatic heterocycles. The van der Waals surface area contributed by atoms with Crippen LogP contribution in [0.15, 0.2) is 48.8 Å². The van der Waals surface area contributed by atoms with Gasteiger partial charge in [0, 0.05) is 32.8 Å². The number of hydrogen-bond acceptors (Lipinski definition) is 3. The second-order valence-electron chi connectivity index (χ2n) is 5.59. The van der Waals surface area contributed by atoms with Crippen LogP contribution < -0.4 is 9.30 Å². The van der Waals surface area contributed by atoms with Crippen LogP contribution in [0.3, 0.4) is 0 Å². The summed E-state index contributed by atoms with van der Waals surface area (Å²) < 4.78 is 18.1. The van der Waals surface area contributed by atoms with Gasteiger partial charge in [0.1, 0.15) is 12.8 Å². The molecule has 2 rings (SSSR count). The molecule has 0 radical (unpaired) electrons. The van der Waals surface area contributed by atoms with E-state index in [4.69, 9.17) is 14.2 Å². The van der Waals surface area contributed by atoms with Gasteiger partial charge >= 0.3 is 0 Å². The Morgan fingerprint density at radius 3 is 2.08 bits per heavy atom. The Morgan fingerprint density at radius 1 is 0.917 bits per heavy atom. The number of hydrogen-bond donors (Lipinski definition) is 0. The van der Waals surface area contributed by atoms with E-state index in [0.717, 1.165) is 24.2 Å². The molecule has 0 aliphatic rings. The van der Waals surface area contributed by atoms with Crippen LogP contribution in [0, 0.1) is 0 Å². The minimum atomic E-state index is -0.152. The lowest BCUT2D eigenvalue weighted by atomic mass is 10.1. The Morgan fingerprint density at radius 2 is 1.50 bits per heavy atom. The summed E-state index contributed by atoms with van der Waals surface area (Å²) in [7, 11) is 5.31. The Bertz CT molecular complexity index is 616. The number of ether oxygens (including phenoxy) is 3. The van der Waals surface area contributed by atoms with Crippen molar-refractivity contribution >= 4 is 12.2 Å². The van der Waals surface area contributed by atoms with Gasteiger partial charge in [-0.2, -0.15) is 0 Å². The van der Waals surface area contributed by atoms with E-state index in [1.165, 1.54) is 5.56 Å². The van der Waals surface area contributed by atoms with Crippen molar-refractivity contribution in [3.8, 4) is 5.75 Å². The highest BCUT2D eigenvalue weighted by Gasteiger charge is 2.04. The molecule has 0 saturated carbocycles. The van der Waals surface area contributed by atoms with Crippen molar-refractivity contribution in [2.24, 2.45) is 7.05 Å². The van der Waals surface area contributed by atoms with Crippen LogP contribution in [-0.4, -0.2) is 27.1 Å². The number of aryl methyl sites for hydroxylation is 1. The Labute approximate surface area is 144 Å². The standard InChI is InChI=1S/C20H26NO3/c1-21-14-12-18(13-15-21)7-6-17-8-10-19(11-9-17)24-16-4-5-20(22-2)23-3/h6-15,20H,4-5,16H2,1-3H3/q+1/b7-6+. The molecule has 2 aromatic rings.